The van der Waals surface area contributed by atoms with Crippen LogP contribution in [0.25, 0.3) is 0 Å². The predicted octanol–water partition coefficient (Wildman–Crippen LogP) is 4.90. The Kier molecular flexibility index (Phi) is 5.64. The highest BCUT2D eigenvalue weighted by Crippen LogP contribution is 2.28. The molecule has 0 aliphatic rings. The van der Waals surface area contributed by atoms with Crippen molar-refractivity contribution in [3.8, 4) is 5.75 Å². The summed E-state index contributed by atoms with van der Waals surface area (Å²) in [5.74, 6) is 1.00. The molecule has 4 heteroatoms. The fourth-order valence-corrected chi connectivity index (χ4v) is 3.32. The van der Waals surface area contributed by atoms with Crippen LogP contribution in [0, 0.1) is 6.92 Å². The number of hydrogen-bond donors (Lipinski definition) is 1. The van der Waals surface area contributed by atoms with Crippen molar-refractivity contribution in [3.05, 3.63) is 50.1 Å². The van der Waals surface area contributed by atoms with E-state index in [-0.39, 0.29) is 0 Å². The number of halogens is 1. The molecule has 1 aromatic carbocycles. The van der Waals surface area contributed by atoms with E-state index < -0.39 is 0 Å². The third kappa shape index (κ3) is 4.08. The van der Waals surface area contributed by atoms with Gasteiger partial charge in [-0.1, -0.05) is 32.0 Å². The Bertz CT molecular complexity index is 565. The number of nitrogens with one attached hydrogen (secondary N) is 1. The van der Waals surface area contributed by atoms with Crippen molar-refractivity contribution >= 4 is 27.3 Å². The van der Waals surface area contributed by atoms with Crippen LogP contribution in [0.2, 0.25) is 0 Å². The third-order valence-electron chi connectivity index (χ3n) is 3.03. The van der Waals surface area contributed by atoms with E-state index in [1.54, 1.807) is 11.3 Å². The summed E-state index contributed by atoms with van der Waals surface area (Å²) in [6, 6.07) is 8.83. The van der Waals surface area contributed by atoms with Gasteiger partial charge in [-0.25, -0.2) is 0 Å². The van der Waals surface area contributed by atoms with Crippen LogP contribution in [-0.2, 0) is 13.2 Å². The molecule has 0 spiro atoms. The van der Waals surface area contributed by atoms with E-state index in [0.717, 1.165) is 16.8 Å². The van der Waals surface area contributed by atoms with Crippen LogP contribution in [0.3, 0.4) is 0 Å². The lowest BCUT2D eigenvalue weighted by molar-refractivity contribution is 0.302. The molecule has 108 valence electrons. The molecule has 0 fully saturated rings. The maximum atomic E-state index is 6.07. The van der Waals surface area contributed by atoms with E-state index in [9.17, 15) is 0 Å². The zero-order chi connectivity index (χ0) is 14.5. The minimum atomic E-state index is 0.467. The molecule has 2 nitrogen and oxygen atoms in total. The van der Waals surface area contributed by atoms with E-state index in [2.05, 4.69) is 71.7 Å². The summed E-state index contributed by atoms with van der Waals surface area (Å²) in [5.41, 5.74) is 2.40. The molecule has 0 radical (unpaired) electrons. The molecule has 1 heterocycles. The molecule has 1 aromatic heterocycles. The maximum absolute atomic E-state index is 6.07. The van der Waals surface area contributed by atoms with Crippen molar-refractivity contribution in [2.75, 3.05) is 0 Å². The van der Waals surface area contributed by atoms with Gasteiger partial charge >= 0.3 is 0 Å². The van der Waals surface area contributed by atoms with Gasteiger partial charge in [0.25, 0.3) is 0 Å². The molecular formula is C16H20BrNOS. The number of thiophene rings is 1. The monoisotopic (exact) mass is 353 g/mol. The van der Waals surface area contributed by atoms with Crippen LogP contribution in [0.5, 0.6) is 5.75 Å². The molecule has 0 unspecified atom stereocenters. The highest BCUT2D eigenvalue weighted by molar-refractivity contribution is 9.10. The highest BCUT2D eigenvalue weighted by atomic mass is 79.9. The number of hydrogen-bond acceptors (Lipinski definition) is 3. The molecule has 0 saturated carbocycles. The second-order valence-corrected chi connectivity index (χ2v) is 6.93. The van der Waals surface area contributed by atoms with Gasteiger partial charge in [0.05, 0.1) is 4.88 Å². The van der Waals surface area contributed by atoms with Gasteiger partial charge in [0.1, 0.15) is 12.4 Å². The Morgan fingerprint density at radius 2 is 2.10 bits per heavy atom. The lowest BCUT2D eigenvalue weighted by Crippen LogP contribution is -2.22. The van der Waals surface area contributed by atoms with Crippen molar-refractivity contribution in [1.29, 1.82) is 0 Å². The smallest absolute Gasteiger partial charge is 0.127 e. The van der Waals surface area contributed by atoms with Crippen molar-refractivity contribution < 1.29 is 4.74 Å². The first-order valence-electron chi connectivity index (χ1n) is 6.74. The van der Waals surface area contributed by atoms with Crippen LogP contribution in [-0.4, -0.2) is 6.04 Å². The summed E-state index contributed by atoms with van der Waals surface area (Å²) >= 11 is 5.26. The van der Waals surface area contributed by atoms with Gasteiger partial charge in [0.2, 0.25) is 0 Å². The van der Waals surface area contributed by atoms with Crippen LogP contribution in [0.1, 0.15) is 29.9 Å². The van der Waals surface area contributed by atoms with Gasteiger partial charge in [-0.2, -0.15) is 0 Å². The summed E-state index contributed by atoms with van der Waals surface area (Å²) in [4.78, 5) is 1.22. The normalized spacial score (nSPS) is 11.1. The van der Waals surface area contributed by atoms with E-state index in [4.69, 9.17) is 4.74 Å². The van der Waals surface area contributed by atoms with Crippen LogP contribution >= 0.6 is 27.3 Å². The highest BCUT2D eigenvalue weighted by Gasteiger charge is 2.09. The molecule has 0 aliphatic carbocycles. The summed E-state index contributed by atoms with van der Waals surface area (Å²) in [5, 5.41) is 5.52. The first-order valence-corrected chi connectivity index (χ1v) is 8.41. The number of aryl methyl sites for hydroxylation is 1. The lowest BCUT2D eigenvalue weighted by Gasteiger charge is -2.15. The first-order chi connectivity index (χ1) is 9.58. The van der Waals surface area contributed by atoms with Gasteiger partial charge in [-0.3, -0.25) is 0 Å². The van der Waals surface area contributed by atoms with Crippen LogP contribution in [0.15, 0.2) is 34.1 Å². The standard InChI is InChI=1S/C16H20BrNOS/c1-11(2)18-9-13-6-4-5-12(3)16(13)19-10-15-14(17)7-8-20-15/h4-8,11,18H,9-10H2,1-3H3. The van der Waals surface area contributed by atoms with Crippen LogP contribution < -0.4 is 10.1 Å². The van der Waals surface area contributed by atoms with Gasteiger partial charge < -0.3 is 10.1 Å². The Morgan fingerprint density at radius 1 is 1.30 bits per heavy atom. The number of para-hydroxylation sites is 1. The minimum Gasteiger partial charge on any atom is -0.487 e. The average molecular weight is 354 g/mol. The Balaban J connectivity index is 2.11. The Labute approximate surface area is 133 Å². The molecule has 2 aromatic rings. The Morgan fingerprint density at radius 3 is 2.75 bits per heavy atom. The topological polar surface area (TPSA) is 21.3 Å². The van der Waals surface area contributed by atoms with Crippen LogP contribution in [0.4, 0.5) is 0 Å². The molecule has 0 bridgehead atoms. The third-order valence-corrected chi connectivity index (χ3v) is 4.93. The van der Waals surface area contributed by atoms with E-state index in [1.807, 2.05) is 0 Å². The zero-order valence-electron chi connectivity index (χ0n) is 12.1. The average Bonchev–Trinajstić information content (AvgIpc) is 2.81. The molecule has 1 N–H and O–H groups in total. The molecule has 0 amide bonds. The number of ether oxygens (including phenoxy) is 1. The number of benzene rings is 1. The molecule has 20 heavy (non-hydrogen) atoms. The summed E-state index contributed by atoms with van der Waals surface area (Å²) < 4.78 is 7.19. The second-order valence-electron chi connectivity index (χ2n) is 5.08. The zero-order valence-corrected chi connectivity index (χ0v) is 14.5. The minimum absolute atomic E-state index is 0.467. The fourth-order valence-electron chi connectivity index (χ4n) is 1.94. The van der Waals surface area contributed by atoms with E-state index in [0.29, 0.717) is 12.6 Å². The molecular weight excluding hydrogens is 334 g/mol. The Hall–Kier alpha value is -0.840. The van der Waals surface area contributed by atoms with E-state index in [1.165, 1.54) is 16.0 Å². The summed E-state index contributed by atoms with van der Waals surface area (Å²) in [6.45, 7) is 7.84. The summed E-state index contributed by atoms with van der Waals surface area (Å²) in [7, 11) is 0. The fraction of sp³-hybridized carbons (Fsp3) is 0.375. The van der Waals surface area contributed by atoms with Gasteiger partial charge in [0.15, 0.2) is 0 Å². The molecule has 0 saturated heterocycles. The largest absolute Gasteiger partial charge is 0.487 e. The van der Waals surface area contributed by atoms with Crippen molar-refractivity contribution in [2.24, 2.45) is 0 Å². The maximum Gasteiger partial charge on any atom is 0.127 e. The molecule has 0 atom stereocenters. The quantitative estimate of drug-likeness (QED) is 0.797. The van der Waals surface area contributed by atoms with Gasteiger partial charge in [0, 0.05) is 22.6 Å². The lowest BCUT2D eigenvalue weighted by atomic mass is 10.1. The van der Waals surface area contributed by atoms with E-state index >= 15 is 0 Å². The van der Waals surface area contributed by atoms with Crippen molar-refractivity contribution in [2.45, 2.75) is 40.0 Å². The van der Waals surface area contributed by atoms with Gasteiger partial charge in [-0.15, -0.1) is 11.3 Å². The molecule has 2 rings (SSSR count). The van der Waals surface area contributed by atoms with Gasteiger partial charge in [-0.05, 0) is 39.9 Å². The predicted molar refractivity (Wildman–Crippen MR) is 89.5 cm³/mol. The molecule has 0 aliphatic heterocycles. The number of rotatable bonds is 6. The summed E-state index contributed by atoms with van der Waals surface area (Å²) in [6.07, 6.45) is 0. The van der Waals surface area contributed by atoms with Crippen molar-refractivity contribution in [3.63, 3.8) is 0 Å². The SMILES string of the molecule is Cc1cccc(CNC(C)C)c1OCc1sccc1Br. The van der Waals surface area contributed by atoms with Crippen molar-refractivity contribution in [1.82, 2.24) is 5.32 Å². The first kappa shape index (κ1) is 15.5. The second kappa shape index (κ2) is 7.25.